The van der Waals surface area contributed by atoms with Crippen molar-refractivity contribution >= 4 is 11.8 Å². The number of nitrogens with one attached hydrogen (secondary N) is 1. The maximum Gasteiger partial charge on any atom is 0.416 e. The number of hydrogen-bond donors (Lipinski definition) is 1. The molecule has 1 heterocycles. The van der Waals surface area contributed by atoms with Gasteiger partial charge in [-0.2, -0.15) is 24.9 Å². The van der Waals surface area contributed by atoms with Gasteiger partial charge in [-0.15, -0.1) is 0 Å². The second-order valence-electron chi connectivity index (χ2n) is 4.62. The minimum Gasteiger partial charge on any atom is -0.309 e. The lowest BCUT2D eigenvalue weighted by molar-refractivity contribution is -0.138. The van der Waals surface area contributed by atoms with Crippen molar-refractivity contribution in [1.29, 1.82) is 0 Å². The second-order valence-corrected chi connectivity index (χ2v) is 6.09. The largest absolute Gasteiger partial charge is 0.416 e. The molecule has 0 aliphatic heterocycles. The number of rotatable bonds is 7. The molecule has 0 aromatic carbocycles. The standard InChI is InChI=1S/C14H21F3N2S/c1-4-10(3)20-9-13(19-5-2)11-8-18-7-6-12(11)14(15,16)17/h6-8,10,13,19H,4-5,9H2,1-3H3. The van der Waals surface area contributed by atoms with E-state index in [2.05, 4.69) is 24.1 Å². The van der Waals surface area contributed by atoms with Crippen LogP contribution >= 0.6 is 11.8 Å². The minimum absolute atomic E-state index is 0.234. The van der Waals surface area contributed by atoms with Gasteiger partial charge in [0, 0.05) is 35.0 Å². The van der Waals surface area contributed by atoms with Gasteiger partial charge in [0.15, 0.2) is 0 Å². The van der Waals surface area contributed by atoms with Crippen LogP contribution in [0.2, 0.25) is 0 Å². The number of hydrogen-bond acceptors (Lipinski definition) is 3. The minimum atomic E-state index is -4.34. The van der Waals surface area contributed by atoms with Crippen molar-refractivity contribution in [2.75, 3.05) is 12.3 Å². The zero-order chi connectivity index (χ0) is 15.2. The molecule has 0 saturated carbocycles. The number of thioether (sulfide) groups is 1. The lowest BCUT2D eigenvalue weighted by atomic mass is 10.0. The molecule has 6 heteroatoms. The number of halogens is 3. The van der Waals surface area contributed by atoms with Gasteiger partial charge in [-0.3, -0.25) is 4.98 Å². The molecular weight excluding hydrogens is 285 g/mol. The van der Waals surface area contributed by atoms with Crippen LogP contribution in [0.15, 0.2) is 18.5 Å². The van der Waals surface area contributed by atoms with Gasteiger partial charge in [-0.1, -0.05) is 20.8 Å². The highest BCUT2D eigenvalue weighted by Gasteiger charge is 2.35. The third kappa shape index (κ3) is 4.98. The van der Waals surface area contributed by atoms with E-state index < -0.39 is 11.7 Å². The first-order valence-electron chi connectivity index (χ1n) is 6.76. The molecule has 0 radical (unpaired) electrons. The van der Waals surface area contributed by atoms with E-state index in [1.807, 2.05) is 6.92 Å². The van der Waals surface area contributed by atoms with Gasteiger partial charge in [0.1, 0.15) is 0 Å². The Morgan fingerprint density at radius 3 is 2.60 bits per heavy atom. The maximum absolute atomic E-state index is 13.1. The van der Waals surface area contributed by atoms with Crippen LogP contribution in [-0.2, 0) is 6.18 Å². The smallest absolute Gasteiger partial charge is 0.309 e. The summed E-state index contributed by atoms with van der Waals surface area (Å²) in [4.78, 5) is 3.86. The molecule has 0 saturated heterocycles. The van der Waals surface area contributed by atoms with Crippen molar-refractivity contribution in [2.24, 2.45) is 0 Å². The van der Waals surface area contributed by atoms with E-state index in [0.29, 0.717) is 17.5 Å². The van der Waals surface area contributed by atoms with Crippen LogP contribution in [-0.4, -0.2) is 22.5 Å². The number of nitrogens with zero attached hydrogens (tertiary/aromatic N) is 1. The maximum atomic E-state index is 13.1. The Morgan fingerprint density at radius 1 is 1.35 bits per heavy atom. The highest BCUT2D eigenvalue weighted by Crippen LogP contribution is 2.35. The van der Waals surface area contributed by atoms with Gasteiger partial charge in [0.05, 0.1) is 5.56 Å². The van der Waals surface area contributed by atoms with Crippen LogP contribution in [0.4, 0.5) is 13.2 Å². The molecule has 2 atom stereocenters. The van der Waals surface area contributed by atoms with Gasteiger partial charge < -0.3 is 5.32 Å². The molecule has 114 valence electrons. The summed E-state index contributed by atoms with van der Waals surface area (Å²) < 4.78 is 39.2. The summed E-state index contributed by atoms with van der Waals surface area (Å²) >= 11 is 1.68. The fourth-order valence-corrected chi connectivity index (χ4v) is 2.88. The van der Waals surface area contributed by atoms with Crippen LogP contribution in [0.5, 0.6) is 0 Å². The first kappa shape index (κ1) is 17.3. The quantitative estimate of drug-likeness (QED) is 0.814. The normalized spacial score (nSPS) is 15.1. The average molecular weight is 306 g/mol. The molecule has 1 aromatic heterocycles. The first-order chi connectivity index (χ1) is 9.40. The molecule has 0 aliphatic carbocycles. The lowest BCUT2D eigenvalue weighted by Crippen LogP contribution is -2.26. The van der Waals surface area contributed by atoms with E-state index in [9.17, 15) is 13.2 Å². The van der Waals surface area contributed by atoms with Crippen molar-refractivity contribution < 1.29 is 13.2 Å². The Labute approximate surface area is 122 Å². The van der Waals surface area contributed by atoms with Crippen LogP contribution in [0.1, 0.15) is 44.4 Å². The topological polar surface area (TPSA) is 24.9 Å². The predicted molar refractivity (Wildman–Crippen MR) is 77.9 cm³/mol. The molecule has 0 bridgehead atoms. The number of aromatic nitrogens is 1. The fraction of sp³-hybridized carbons (Fsp3) is 0.643. The molecule has 0 spiro atoms. The zero-order valence-electron chi connectivity index (χ0n) is 12.0. The van der Waals surface area contributed by atoms with E-state index in [-0.39, 0.29) is 11.6 Å². The third-order valence-electron chi connectivity index (χ3n) is 3.11. The second kappa shape index (κ2) is 7.88. The van der Waals surface area contributed by atoms with E-state index in [1.165, 1.54) is 12.4 Å². The van der Waals surface area contributed by atoms with Gasteiger partial charge in [-0.05, 0) is 19.0 Å². The van der Waals surface area contributed by atoms with E-state index in [0.717, 1.165) is 12.5 Å². The Bertz CT molecular complexity index is 410. The Hall–Kier alpha value is -0.750. The summed E-state index contributed by atoms with van der Waals surface area (Å²) in [5, 5.41) is 3.56. The summed E-state index contributed by atoms with van der Waals surface area (Å²) in [7, 11) is 0. The van der Waals surface area contributed by atoms with E-state index in [1.54, 1.807) is 11.8 Å². The SMILES string of the molecule is CCNC(CSC(C)CC)c1cnccc1C(F)(F)F. The monoisotopic (exact) mass is 306 g/mol. The number of pyridine rings is 1. The Kier molecular flexibility index (Phi) is 6.82. The molecule has 1 rings (SSSR count). The Balaban J connectivity index is 2.96. The molecule has 0 fully saturated rings. The molecular formula is C14H21F3N2S. The lowest BCUT2D eigenvalue weighted by Gasteiger charge is -2.23. The van der Waals surface area contributed by atoms with E-state index in [4.69, 9.17) is 0 Å². The molecule has 0 amide bonds. The van der Waals surface area contributed by atoms with Gasteiger partial charge in [0.2, 0.25) is 0 Å². The average Bonchev–Trinajstić information content (AvgIpc) is 2.42. The summed E-state index contributed by atoms with van der Waals surface area (Å²) in [6.45, 7) is 6.68. The molecule has 1 N–H and O–H groups in total. The van der Waals surface area contributed by atoms with Crippen LogP contribution in [0.3, 0.4) is 0 Å². The summed E-state index contributed by atoms with van der Waals surface area (Å²) in [6.07, 6.45) is -0.819. The van der Waals surface area contributed by atoms with Crippen molar-refractivity contribution in [1.82, 2.24) is 10.3 Å². The summed E-state index contributed by atoms with van der Waals surface area (Å²) in [5.41, 5.74) is -0.360. The summed E-state index contributed by atoms with van der Waals surface area (Å²) in [6, 6.07) is 0.720. The van der Waals surface area contributed by atoms with Gasteiger partial charge in [0.25, 0.3) is 0 Å². The zero-order valence-corrected chi connectivity index (χ0v) is 12.8. The molecule has 0 aliphatic rings. The highest BCUT2D eigenvalue weighted by molar-refractivity contribution is 7.99. The van der Waals surface area contributed by atoms with Gasteiger partial charge >= 0.3 is 6.18 Å². The molecule has 2 unspecified atom stereocenters. The van der Waals surface area contributed by atoms with Crippen LogP contribution in [0, 0.1) is 0 Å². The third-order valence-corrected chi connectivity index (χ3v) is 4.53. The summed E-state index contributed by atoms with van der Waals surface area (Å²) in [5.74, 6) is 0.609. The highest BCUT2D eigenvalue weighted by atomic mass is 32.2. The van der Waals surface area contributed by atoms with Crippen molar-refractivity contribution in [2.45, 2.75) is 44.7 Å². The van der Waals surface area contributed by atoms with Crippen molar-refractivity contribution in [3.63, 3.8) is 0 Å². The number of alkyl halides is 3. The fourth-order valence-electron chi connectivity index (χ4n) is 1.83. The van der Waals surface area contributed by atoms with Crippen LogP contribution in [0.25, 0.3) is 0 Å². The predicted octanol–water partition coefficient (Wildman–Crippen LogP) is 4.28. The van der Waals surface area contributed by atoms with Crippen LogP contribution < -0.4 is 5.32 Å². The van der Waals surface area contributed by atoms with Crippen molar-refractivity contribution in [3.05, 3.63) is 29.6 Å². The molecule has 1 aromatic rings. The van der Waals surface area contributed by atoms with E-state index >= 15 is 0 Å². The molecule has 2 nitrogen and oxygen atoms in total. The molecule has 20 heavy (non-hydrogen) atoms. The Morgan fingerprint density at radius 2 is 2.05 bits per heavy atom. The first-order valence-corrected chi connectivity index (χ1v) is 7.81. The van der Waals surface area contributed by atoms with Gasteiger partial charge in [-0.25, -0.2) is 0 Å². The van der Waals surface area contributed by atoms with Crippen molar-refractivity contribution in [3.8, 4) is 0 Å².